The predicted octanol–water partition coefficient (Wildman–Crippen LogP) is 0.434. The average molecular weight is 292 g/mol. The first-order valence-electron chi connectivity index (χ1n) is 6.72. The Labute approximate surface area is 122 Å². The lowest BCUT2D eigenvalue weighted by molar-refractivity contribution is -0.121. The Morgan fingerprint density at radius 1 is 1.57 bits per heavy atom. The van der Waals surface area contributed by atoms with E-state index < -0.39 is 6.10 Å². The van der Waals surface area contributed by atoms with Crippen LogP contribution in [0.1, 0.15) is 18.9 Å². The standard InChI is InChI=1S/C14H20N4O3/c1-9(19)14-17-11-7-10(15)3-4-12(11)18(14)8-13(20)16-5-6-21-2/h3-4,7,9,19H,5-6,8,15H2,1-2H3,(H,16,20). The summed E-state index contributed by atoms with van der Waals surface area (Å²) in [5, 5.41) is 12.6. The van der Waals surface area contributed by atoms with E-state index in [0.717, 1.165) is 5.52 Å². The second kappa shape index (κ2) is 6.55. The molecule has 0 saturated heterocycles. The number of amides is 1. The number of aliphatic hydroxyl groups excluding tert-OH is 1. The van der Waals surface area contributed by atoms with Gasteiger partial charge in [-0.15, -0.1) is 0 Å². The van der Waals surface area contributed by atoms with E-state index >= 15 is 0 Å². The van der Waals surface area contributed by atoms with Gasteiger partial charge in [-0.25, -0.2) is 4.98 Å². The number of carbonyl (C=O) groups is 1. The molecule has 0 aliphatic heterocycles. The number of fused-ring (bicyclic) bond motifs is 1. The molecule has 1 amide bonds. The molecule has 2 aromatic rings. The molecule has 0 saturated carbocycles. The molecule has 2 rings (SSSR count). The molecular formula is C14H20N4O3. The molecule has 0 radical (unpaired) electrons. The molecule has 4 N–H and O–H groups in total. The number of nitrogens with two attached hydrogens (primary N) is 1. The normalized spacial score (nSPS) is 12.5. The van der Waals surface area contributed by atoms with E-state index in [1.165, 1.54) is 0 Å². The Kier molecular flexibility index (Phi) is 4.77. The topological polar surface area (TPSA) is 102 Å². The van der Waals surface area contributed by atoms with Crippen molar-refractivity contribution >= 4 is 22.6 Å². The summed E-state index contributed by atoms with van der Waals surface area (Å²) in [7, 11) is 1.57. The van der Waals surface area contributed by atoms with E-state index in [9.17, 15) is 9.90 Å². The van der Waals surface area contributed by atoms with Gasteiger partial charge in [0.15, 0.2) is 0 Å². The molecule has 1 aromatic carbocycles. The van der Waals surface area contributed by atoms with Gasteiger partial charge in [-0.3, -0.25) is 4.79 Å². The minimum Gasteiger partial charge on any atom is -0.399 e. The van der Waals surface area contributed by atoms with E-state index in [4.69, 9.17) is 10.5 Å². The first-order chi connectivity index (χ1) is 10.0. The number of rotatable bonds is 6. The number of carbonyl (C=O) groups excluding carboxylic acids is 1. The quantitative estimate of drug-likeness (QED) is 0.529. The van der Waals surface area contributed by atoms with Crippen molar-refractivity contribution in [2.45, 2.75) is 19.6 Å². The van der Waals surface area contributed by atoms with Crippen molar-refractivity contribution in [1.29, 1.82) is 0 Å². The van der Waals surface area contributed by atoms with Gasteiger partial charge in [-0.05, 0) is 25.1 Å². The van der Waals surface area contributed by atoms with Crippen LogP contribution in [0.25, 0.3) is 11.0 Å². The number of aliphatic hydroxyl groups is 1. The second-order valence-electron chi connectivity index (χ2n) is 4.82. The third-order valence-corrected chi connectivity index (χ3v) is 3.11. The van der Waals surface area contributed by atoms with Crippen molar-refractivity contribution < 1.29 is 14.6 Å². The van der Waals surface area contributed by atoms with Crippen LogP contribution in [0.5, 0.6) is 0 Å². The van der Waals surface area contributed by atoms with Crippen molar-refractivity contribution in [1.82, 2.24) is 14.9 Å². The van der Waals surface area contributed by atoms with Crippen LogP contribution < -0.4 is 11.1 Å². The van der Waals surface area contributed by atoms with Gasteiger partial charge >= 0.3 is 0 Å². The summed E-state index contributed by atoms with van der Waals surface area (Å²) >= 11 is 0. The third kappa shape index (κ3) is 3.50. The molecule has 1 unspecified atom stereocenters. The number of anilines is 1. The number of nitrogens with one attached hydrogen (secondary N) is 1. The monoisotopic (exact) mass is 292 g/mol. The molecule has 0 bridgehead atoms. The van der Waals surface area contributed by atoms with Gasteiger partial charge in [0.1, 0.15) is 18.5 Å². The Morgan fingerprint density at radius 2 is 2.33 bits per heavy atom. The summed E-state index contributed by atoms with van der Waals surface area (Å²) in [5.41, 5.74) is 7.76. The lowest BCUT2D eigenvalue weighted by Crippen LogP contribution is -2.31. The average Bonchev–Trinajstić information content (AvgIpc) is 2.77. The highest BCUT2D eigenvalue weighted by Crippen LogP contribution is 2.22. The molecule has 0 fully saturated rings. The SMILES string of the molecule is COCCNC(=O)Cn1c(C(C)O)nc2cc(N)ccc21. The van der Waals surface area contributed by atoms with Crippen LogP contribution in [0, 0.1) is 0 Å². The predicted molar refractivity (Wildman–Crippen MR) is 79.7 cm³/mol. The molecule has 1 atom stereocenters. The van der Waals surface area contributed by atoms with E-state index in [1.54, 1.807) is 36.8 Å². The fourth-order valence-electron chi connectivity index (χ4n) is 2.14. The maximum absolute atomic E-state index is 11.9. The van der Waals surface area contributed by atoms with Crippen molar-refractivity contribution in [3.8, 4) is 0 Å². The molecular weight excluding hydrogens is 272 g/mol. The summed E-state index contributed by atoms with van der Waals surface area (Å²) in [6.07, 6.45) is -0.773. The number of benzene rings is 1. The molecule has 0 spiro atoms. The van der Waals surface area contributed by atoms with Crippen LogP contribution in [0.4, 0.5) is 5.69 Å². The maximum Gasteiger partial charge on any atom is 0.240 e. The molecule has 0 aliphatic rings. The number of aromatic nitrogens is 2. The summed E-state index contributed by atoms with van der Waals surface area (Å²) in [6, 6.07) is 5.27. The molecule has 0 aliphatic carbocycles. The van der Waals surface area contributed by atoms with Crippen LogP contribution in [0.2, 0.25) is 0 Å². The summed E-state index contributed by atoms with van der Waals surface area (Å²) in [5.74, 6) is 0.280. The van der Waals surface area contributed by atoms with Crippen LogP contribution in [0.3, 0.4) is 0 Å². The second-order valence-corrected chi connectivity index (χ2v) is 4.82. The van der Waals surface area contributed by atoms with Crippen molar-refractivity contribution in [2.75, 3.05) is 26.0 Å². The Balaban J connectivity index is 2.28. The zero-order valence-electron chi connectivity index (χ0n) is 12.2. The number of hydrogen-bond acceptors (Lipinski definition) is 5. The van der Waals surface area contributed by atoms with Gasteiger partial charge in [0.05, 0.1) is 17.6 Å². The highest BCUT2D eigenvalue weighted by Gasteiger charge is 2.17. The zero-order valence-corrected chi connectivity index (χ0v) is 12.2. The fraction of sp³-hybridized carbons (Fsp3) is 0.429. The molecule has 7 nitrogen and oxygen atoms in total. The molecule has 21 heavy (non-hydrogen) atoms. The fourth-order valence-corrected chi connectivity index (χ4v) is 2.14. The zero-order chi connectivity index (χ0) is 15.4. The number of imidazole rings is 1. The minimum atomic E-state index is -0.773. The van der Waals surface area contributed by atoms with Gasteiger partial charge in [-0.2, -0.15) is 0 Å². The first-order valence-corrected chi connectivity index (χ1v) is 6.72. The van der Waals surface area contributed by atoms with Gasteiger partial charge in [0.25, 0.3) is 0 Å². The smallest absolute Gasteiger partial charge is 0.240 e. The lowest BCUT2D eigenvalue weighted by Gasteiger charge is -2.11. The first kappa shape index (κ1) is 15.3. The van der Waals surface area contributed by atoms with Crippen molar-refractivity contribution in [2.24, 2.45) is 0 Å². The van der Waals surface area contributed by atoms with Crippen LogP contribution in [-0.2, 0) is 16.1 Å². The number of methoxy groups -OCH3 is 1. The van der Waals surface area contributed by atoms with Gasteiger partial charge in [0, 0.05) is 19.3 Å². The maximum atomic E-state index is 11.9. The third-order valence-electron chi connectivity index (χ3n) is 3.11. The number of nitrogens with zero attached hydrogens (tertiary/aromatic N) is 2. The van der Waals surface area contributed by atoms with Crippen LogP contribution in [-0.4, -0.2) is 40.8 Å². The van der Waals surface area contributed by atoms with E-state index in [0.29, 0.717) is 30.2 Å². The highest BCUT2D eigenvalue weighted by molar-refractivity contribution is 5.83. The molecule has 1 heterocycles. The van der Waals surface area contributed by atoms with Gasteiger partial charge in [-0.1, -0.05) is 0 Å². The molecule has 7 heteroatoms. The van der Waals surface area contributed by atoms with Gasteiger partial charge in [0.2, 0.25) is 5.91 Å². The highest BCUT2D eigenvalue weighted by atomic mass is 16.5. The van der Waals surface area contributed by atoms with E-state index in [-0.39, 0.29) is 12.5 Å². The van der Waals surface area contributed by atoms with Crippen molar-refractivity contribution in [3.63, 3.8) is 0 Å². The van der Waals surface area contributed by atoms with Crippen molar-refractivity contribution in [3.05, 3.63) is 24.0 Å². The molecule has 1 aromatic heterocycles. The van der Waals surface area contributed by atoms with Gasteiger partial charge < -0.3 is 25.5 Å². The van der Waals surface area contributed by atoms with Crippen LogP contribution in [0.15, 0.2) is 18.2 Å². The summed E-state index contributed by atoms with van der Waals surface area (Å²) in [6.45, 7) is 2.60. The van der Waals surface area contributed by atoms with E-state index in [2.05, 4.69) is 10.3 Å². The van der Waals surface area contributed by atoms with Crippen LogP contribution >= 0.6 is 0 Å². The minimum absolute atomic E-state index is 0.0877. The lowest BCUT2D eigenvalue weighted by atomic mass is 10.3. The Hall–Kier alpha value is -2.12. The number of hydrogen-bond donors (Lipinski definition) is 3. The Morgan fingerprint density at radius 3 is 3.00 bits per heavy atom. The Bertz CT molecular complexity index is 636. The summed E-state index contributed by atoms with van der Waals surface area (Å²) < 4.78 is 6.58. The molecule has 114 valence electrons. The summed E-state index contributed by atoms with van der Waals surface area (Å²) in [4.78, 5) is 16.3. The number of ether oxygens (including phenoxy) is 1. The van der Waals surface area contributed by atoms with E-state index in [1.807, 2.05) is 0 Å². The largest absolute Gasteiger partial charge is 0.399 e. The number of nitrogen functional groups attached to an aromatic ring is 1.